The number of amides is 1. The van der Waals surface area contributed by atoms with E-state index in [4.69, 9.17) is 14.6 Å². The van der Waals surface area contributed by atoms with Crippen molar-refractivity contribution in [2.45, 2.75) is 44.4 Å². The standard InChI is InChI=1S/C27H24F3N5O2/c1-27(2,31)24-17(28)9-14(12-32-24)13-7-8-35-18(10-13)22-16-11-19(23(22)33-35)34(3)25(36)15-5-4-6-20(21(15)16)37-26(29)30/h4-10,12,16,19,26H,11,31H2,1-3H3/t16-,19-/m1/s1/i3D3. The van der Waals surface area contributed by atoms with Gasteiger partial charge in [0, 0.05) is 51.7 Å². The van der Waals surface area contributed by atoms with Crippen molar-refractivity contribution in [1.82, 2.24) is 19.5 Å². The minimum absolute atomic E-state index is 0.0193. The van der Waals surface area contributed by atoms with Gasteiger partial charge in [-0.05, 0) is 56.2 Å². The zero-order valence-corrected chi connectivity index (χ0v) is 19.9. The van der Waals surface area contributed by atoms with Crippen LogP contribution >= 0.6 is 0 Å². The Labute approximate surface area is 214 Å². The lowest BCUT2D eigenvalue weighted by molar-refractivity contribution is -0.0505. The smallest absolute Gasteiger partial charge is 0.387 e. The van der Waals surface area contributed by atoms with Crippen LogP contribution in [0.2, 0.25) is 0 Å². The first-order valence-electron chi connectivity index (χ1n) is 13.1. The van der Waals surface area contributed by atoms with E-state index in [2.05, 4.69) is 10.1 Å². The van der Waals surface area contributed by atoms with Crippen LogP contribution in [0.15, 0.2) is 48.8 Å². The fraction of sp³-hybridized carbons (Fsp3) is 0.296. The molecule has 0 fully saturated rings. The monoisotopic (exact) mass is 510 g/mol. The van der Waals surface area contributed by atoms with Gasteiger partial charge in [-0.1, -0.05) is 6.07 Å². The van der Waals surface area contributed by atoms with Gasteiger partial charge in [0.05, 0.1) is 28.5 Å². The van der Waals surface area contributed by atoms with Gasteiger partial charge in [0.15, 0.2) is 0 Å². The van der Waals surface area contributed by atoms with Gasteiger partial charge < -0.3 is 15.4 Å². The van der Waals surface area contributed by atoms with Crippen molar-refractivity contribution in [3.8, 4) is 16.9 Å². The molecule has 1 aliphatic carbocycles. The highest BCUT2D eigenvalue weighted by Gasteiger charge is 2.46. The molecule has 3 aromatic heterocycles. The summed E-state index contributed by atoms with van der Waals surface area (Å²) in [6.45, 7) is -2.67. The highest BCUT2D eigenvalue weighted by Crippen LogP contribution is 2.53. The van der Waals surface area contributed by atoms with E-state index >= 15 is 0 Å². The summed E-state index contributed by atoms with van der Waals surface area (Å²) in [6.07, 6.45) is 3.27. The van der Waals surface area contributed by atoms with Crippen LogP contribution < -0.4 is 10.5 Å². The minimum atomic E-state index is -3.15. The number of nitrogens with zero attached hydrogens (tertiary/aromatic N) is 4. The van der Waals surface area contributed by atoms with E-state index < -0.39 is 42.8 Å². The van der Waals surface area contributed by atoms with Crippen LogP contribution in [0, 0.1) is 5.82 Å². The molecule has 0 saturated heterocycles. The molecule has 1 amide bonds. The summed E-state index contributed by atoms with van der Waals surface area (Å²) in [6, 6.07) is 8.00. The highest BCUT2D eigenvalue weighted by molar-refractivity contribution is 5.98. The second-order valence-corrected chi connectivity index (χ2v) is 9.90. The normalized spacial score (nSPS) is 20.4. The van der Waals surface area contributed by atoms with Gasteiger partial charge >= 0.3 is 6.61 Å². The first-order chi connectivity index (χ1) is 18.8. The average molecular weight is 511 g/mol. The molecule has 2 atom stereocenters. The zero-order chi connectivity index (χ0) is 28.7. The van der Waals surface area contributed by atoms with E-state index in [0.717, 1.165) is 4.90 Å². The van der Waals surface area contributed by atoms with Crippen molar-refractivity contribution in [1.29, 1.82) is 0 Å². The number of aromatic nitrogens is 3. The maximum Gasteiger partial charge on any atom is 0.387 e. The number of hydrogen-bond acceptors (Lipinski definition) is 5. The predicted molar refractivity (Wildman–Crippen MR) is 130 cm³/mol. The summed E-state index contributed by atoms with van der Waals surface area (Å²) in [5.41, 5.74) is 7.90. The molecule has 190 valence electrons. The molecule has 2 N–H and O–H groups in total. The summed E-state index contributed by atoms with van der Waals surface area (Å²) in [4.78, 5) is 18.6. The van der Waals surface area contributed by atoms with Crippen molar-refractivity contribution in [2.75, 3.05) is 6.98 Å². The van der Waals surface area contributed by atoms with E-state index in [0.29, 0.717) is 27.9 Å². The Hall–Kier alpha value is -3.92. The lowest BCUT2D eigenvalue weighted by Gasteiger charge is -2.23. The number of ether oxygens (including phenoxy) is 1. The predicted octanol–water partition coefficient (Wildman–Crippen LogP) is 4.99. The largest absolute Gasteiger partial charge is 0.434 e. The van der Waals surface area contributed by atoms with Gasteiger partial charge in [-0.15, -0.1) is 0 Å². The van der Waals surface area contributed by atoms with Gasteiger partial charge in [0.1, 0.15) is 11.6 Å². The third-order valence-corrected chi connectivity index (χ3v) is 7.00. The van der Waals surface area contributed by atoms with Gasteiger partial charge in [-0.2, -0.15) is 13.9 Å². The molecular weight excluding hydrogens is 483 g/mol. The Morgan fingerprint density at radius 1 is 1.22 bits per heavy atom. The molecule has 4 aromatic rings. The molecule has 2 bridgehead atoms. The van der Waals surface area contributed by atoms with Crippen molar-refractivity contribution in [2.24, 2.45) is 5.73 Å². The fourth-order valence-corrected chi connectivity index (χ4v) is 5.44. The summed E-state index contributed by atoms with van der Waals surface area (Å²) in [5.74, 6) is -2.24. The second kappa shape index (κ2) is 8.04. The average Bonchev–Trinajstić information content (AvgIpc) is 3.35. The first kappa shape index (κ1) is 20.2. The Morgan fingerprint density at radius 2 is 2.03 bits per heavy atom. The number of nitrogens with two attached hydrogens (primary N) is 1. The van der Waals surface area contributed by atoms with Gasteiger partial charge in [-0.25, -0.2) is 8.91 Å². The number of fused-ring (bicyclic) bond motifs is 9. The molecule has 6 rings (SSSR count). The van der Waals surface area contributed by atoms with Crippen molar-refractivity contribution < 1.29 is 26.8 Å². The van der Waals surface area contributed by atoms with Crippen molar-refractivity contribution in [3.05, 3.63) is 82.7 Å². The van der Waals surface area contributed by atoms with Crippen LogP contribution in [0.4, 0.5) is 13.2 Å². The van der Waals surface area contributed by atoms with Crippen LogP contribution in [0.5, 0.6) is 5.75 Å². The molecule has 1 aliphatic heterocycles. The van der Waals surface area contributed by atoms with E-state index in [-0.39, 0.29) is 29.0 Å². The quantitative estimate of drug-likeness (QED) is 0.418. The molecule has 2 aliphatic rings. The maximum atomic E-state index is 14.9. The lowest BCUT2D eigenvalue weighted by atomic mass is 9.88. The van der Waals surface area contributed by atoms with Crippen LogP contribution in [0.1, 0.15) is 69.2 Å². The third-order valence-electron chi connectivity index (χ3n) is 7.00. The van der Waals surface area contributed by atoms with E-state index in [1.165, 1.54) is 35.0 Å². The molecule has 0 spiro atoms. The molecule has 7 nitrogen and oxygen atoms in total. The van der Waals surface area contributed by atoms with Crippen LogP contribution in [-0.4, -0.2) is 39.0 Å². The summed E-state index contributed by atoms with van der Waals surface area (Å²) >= 11 is 0. The molecule has 4 heterocycles. The lowest BCUT2D eigenvalue weighted by Crippen LogP contribution is -2.31. The minimum Gasteiger partial charge on any atom is -0.434 e. The zero-order valence-electron chi connectivity index (χ0n) is 22.9. The third kappa shape index (κ3) is 3.58. The topological polar surface area (TPSA) is 85.8 Å². The van der Waals surface area contributed by atoms with E-state index in [9.17, 15) is 18.0 Å². The van der Waals surface area contributed by atoms with Gasteiger partial charge in [0.2, 0.25) is 0 Å². The summed E-state index contributed by atoms with van der Waals surface area (Å²) in [7, 11) is 0. The van der Waals surface area contributed by atoms with Crippen LogP contribution in [0.25, 0.3) is 16.6 Å². The first-order valence-corrected chi connectivity index (χ1v) is 11.6. The number of alkyl halides is 2. The molecule has 0 radical (unpaired) electrons. The van der Waals surface area contributed by atoms with Crippen LogP contribution in [-0.2, 0) is 5.54 Å². The Kier molecular flexibility index (Phi) is 4.38. The number of halogens is 3. The Balaban J connectivity index is 1.57. The SMILES string of the molecule is [2H]C([2H])([2H])N1C(=O)c2cccc(OC(F)F)c2[C@H]2C[C@@H]1c1nn3ccc(-c4cnc(C(C)(C)N)c(F)c4)cc3c12. The van der Waals surface area contributed by atoms with Gasteiger partial charge in [-0.3, -0.25) is 9.78 Å². The number of carbonyl (C=O) groups is 1. The molecule has 0 unspecified atom stereocenters. The Morgan fingerprint density at radius 3 is 2.73 bits per heavy atom. The number of pyridine rings is 2. The van der Waals surface area contributed by atoms with E-state index in [1.54, 1.807) is 32.2 Å². The fourth-order valence-electron chi connectivity index (χ4n) is 5.44. The molecule has 37 heavy (non-hydrogen) atoms. The molecule has 0 saturated carbocycles. The Bertz CT molecular complexity index is 1680. The maximum absolute atomic E-state index is 14.9. The summed E-state index contributed by atoms with van der Waals surface area (Å²) in [5, 5.41) is 4.62. The number of benzene rings is 1. The highest BCUT2D eigenvalue weighted by atomic mass is 19.3. The second-order valence-electron chi connectivity index (χ2n) is 9.90. The molecular formula is C27H24F3N5O2. The molecule has 1 aromatic carbocycles. The van der Waals surface area contributed by atoms with Gasteiger partial charge in [0.25, 0.3) is 5.91 Å². The van der Waals surface area contributed by atoms with E-state index in [1.807, 2.05) is 0 Å². The van der Waals surface area contributed by atoms with Crippen molar-refractivity contribution in [3.63, 3.8) is 0 Å². The number of rotatable bonds is 4. The van der Waals surface area contributed by atoms with Crippen molar-refractivity contribution >= 4 is 11.4 Å². The number of carbonyl (C=O) groups excluding carboxylic acids is 1. The number of hydrogen-bond donors (Lipinski definition) is 1. The summed E-state index contributed by atoms with van der Waals surface area (Å²) < 4.78 is 72.4. The van der Waals surface area contributed by atoms with Crippen LogP contribution in [0.3, 0.4) is 0 Å². The molecule has 10 heteroatoms.